The molecule has 0 unspecified atom stereocenters. The number of amides is 2. The van der Waals surface area contributed by atoms with Crippen LogP contribution in [-0.4, -0.2) is 41.8 Å². The maximum atomic E-state index is 12.4. The second-order valence-corrected chi connectivity index (χ2v) is 6.59. The fraction of sp³-hybridized carbons (Fsp3) is 0.333. The Balaban J connectivity index is 1.58. The van der Waals surface area contributed by atoms with Crippen LogP contribution < -0.4 is 0 Å². The summed E-state index contributed by atoms with van der Waals surface area (Å²) in [5.74, 6) is 0.0857. The second-order valence-electron chi connectivity index (χ2n) is 6.59. The number of hydrogen-bond donors (Lipinski definition) is 0. The van der Waals surface area contributed by atoms with E-state index in [1.54, 1.807) is 16.8 Å². The van der Waals surface area contributed by atoms with Gasteiger partial charge in [-0.05, 0) is 29.5 Å². The number of likely N-dealkylation sites (tertiary alicyclic amines) is 1. The fourth-order valence-corrected chi connectivity index (χ4v) is 3.11. The summed E-state index contributed by atoms with van der Waals surface area (Å²) in [6, 6.07) is 18.5. The van der Waals surface area contributed by atoms with Crippen molar-refractivity contribution in [3.8, 4) is 11.1 Å². The predicted octanol–water partition coefficient (Wildman–Crippen LogP) is 3.32. The van der Waals surface area contributed by atoms with Crippen molar-refractivity contribution in [2.24, 2.45) is 0 Å². The van der Waals surface area contributed by atoms with Gasteiger partial charge in [-0.3, -0.25) is 9.59 Å². The van der Waals surface area contributed by atoms with E-state index in [1.165, 1.54) is 5.56 Å². The predicted molar refractivity (Wildman–Crippen MR) is 98.8 cm³/mol. The summed E-state index contributed by atoms with van der Waals surface area (Å²) < 4.78 is 0. The maximum Gasteiger partial charge on any atom is 0.242 e. The zero-order valence-electron chi connectivity index (χ0n) is 14.6. The molecule has 1 saturated heterocycles. The fourth-order valence-electron chi connectivity index (χ4n) is 3.11. The smallest absolute Gasteiger partial charge is 0.242 e. The van der Waals surface area contributed by atoms with Gasteiger partial charge in [-0.15, -0.1) is 0 Å². The normalized spacial score (nSPS) is 14.4. The molecule has 130 valence electrons. The van der Waals surface area contributed by atoms with Crippen LogP contribution in [-0.2, 0) is 16.1 Å². The molecule has 2 aromatic rings. The van der Waals surface area contributed by atoms with E-state index in [0.29, 0.717) is 19.5 Å². The molecule has 1 fully saturated rings. The molecule has 3 rings (SSSR count). The summed E-state index contributed by atoms with van der Waals surface area (Å²) in [7, 11) is 1.79. The number of hydrogen-bond acceptors (Lipinski definition) is 2. The highest BCUT2D eigenvalue weighted by Gasteiger charge is 2.22. The molecule has 0 radical (unpaired) electrons. The summed E-state index contributed by atoms with van der Waals surface area (Å²) in [4.78, 5) is 27.6. The van der Waals surface area contributed by atoms with Crippen LogP contribution in [0.1, 0.15) is 24.8 Å². The highest BCUT2D eigenvalue weighted by Crippen LogP contribution is 2.19. The molecule has 2 aromatic carbocycles. The third-order valence-electron chi connectivity index (χ3n) is 4.65. The van der Waals surface area contributed by atoms with Gasteiger partial charge in [-0.25, -0.2) is 0 Å². The summed E-state index contributed by atoms with van der Waals surface area (Å²) in [5.41, 5.74) is 3.43. The summed E-state index contributed by atoms with van der Waals surface area (Å²) in [6.07, 6.45) is 2.49. The van der Waals surface area contributed by atoms with Crippen molar-refractivity contribution in [1.29, 1.82) is 0 Å². The van der Waals surface area contributed by atoms with E-state index in [4.69, 9.17) is 0 Å². The molecular formula is C21H24N2O2. The number of likely N-dealkylation sites (N-methyl/N-ethyl adjacent to an activating group) is 1. The Morgan fingerprint density at radius 1 is 1.00 bits per heavy atom. The van der Waals surface area contributed by atoms with Gasteiger partial charge in [-0.1, -0.05) is 54.6 Å². The largest absolute Gasteiger partial charge is 0.340 e. The molecule has 25 heavy (non-hydrogen) atoms. The molecule has 1 aliphatic heterocycles. The Labute approximate surface area is 149 Å². The number of carbonyl (C=O) groups excluding carboxylic acids is 2. The molecule has 0 N–H and O–H groups in total. The Morgan fingerprint density at radius 2 is 1.68 bits per heavy atom. The lowest BCUT2D eigenvalue weighted by Gasteiger charge is -2.28. The van der Waals surface area contributed by atoms with Gasteiger partial charge in [0.15, 0.2) is 0 Å². The topological polar surface area (TPSA) is 40.6 Å². The first kappa shape index (κ1) is 17.2. The van der Waals surface area contributed by atoms with Crippen molar-refractivity contribution in [2.75, 3.05) is 20.1 Å². The number of benzene rings is 2. The number of piperidine rings is 1. The lowest BCUT2D eigenvalue weighted by molar-refractivity contribution is -0.141. The number of carbonyl (C=O) groups is 2. The lowest BCUT2D eigenvalue weighted by Crippen LogP contribution is -2.43. The van der Waals surface area contributed by atoms with Gasteiger partial charge < -0.3 is 9.80 Å². The average Bonchev–Trinajstić information content (AvgIpc) is 2.65. The molecule has 1 heterocycles. The van der Waals surface area contributed by atoms with Crippen LogP contribution in [0, 0.1) is 0 Å². The first-order chi connectivity index (χ1) is 12.1. The highest BCUT2D eigenvalue weighted by molar-refractivity contribution is 5.85. The second kappa shape index (κ2) is 7.97. The third-order valence-corrected chi connectivity index (χ3v) is 4.65. The minimum absolute atomic E-state index is 0.0117. The van der Waals surface area contributed by atoms with Crippen molar-refractivity contribution < 1.29 is 9.59 Å². The summed E-state index contributed by atoms with van der Waals surface area (Å²) in [5, 5.41) is 0. The summed E-state index contributed by atoms with van der Waals surface area (Å²) >= 11 is 0. The van der Waals surface area contributed by atoms with Crippen LogP contribution in [0.15, 0.2) is 54.6 Å². The molecule has 0 bridgehead atoms. The standard InChI is InChI=1S/C21H24N2O2/c1-22(21(25)16-23-14-6-5-9-20(23)24)15-17-10-12-19(13-11-17)18-7-3-2-4-8-18/h2-4,7-8,10-13H,5-6,9,14-16H2,1H3. The van der Waals surface area contributed by atoms with Crippen LogP contribution in [0.2, 0.25) is 0 Å². The van der Waals surface area contributed by atoms with Gasteiger partial charge >= 0.3 is 0 Å². The van der Waals surface area contributed by atoms with Crippen LogP contribution in [0.5, 0.6) is 0 Å². The molecule has 0 spiro atoms. The van der Waals surface area contributed by atoms with Crippen LogP contribution in [0.3, 0.4) is 0 Å². The van der Waals surface area contributed by atoms with E-state index in [9.17, 15) is 9.59 Å². The molecular weight excluding hydrogens is 312 g/mol. The van der Waals surface area contributed by atoms with E-state index >= 15 is 0 Å². The van der Waals surface area contributed by atoms with Crippen molar-refractivity contribution in [1.82, 2.24) is 9.80 Å². The van der Waals surface area contributed by atoms with Crippen LogP contribution >= 0.6 is 0 Å². The van der Waals surface area contributed by atoms with E-state index in [-0.39, 0.29) is 18.4 Å². The quantitative estimate of drug-likeness (QED) is 0.840. The minimum Gasteiger partial charge on any atom is -0.340 e. The molecule has 2 amide bonds. The summed E-state index contributed by atoms with van der Waals surface area (Å²) in [6.45, 7) is 1.44. The van der Waals surface area contributed by atoms with Gasteiger partial charge in [-0.2, -0.15) is 0 Å². The Hall–Kier alpha value is -2.62. The number of rotatable bonds is 5. The average molecular weight is 336 g/mol. The Kier molecular flexibility index (Phi) is 5.49. The van der Waals surface area contributed by atoms with Crippen LogP contribution in [0.25, 0.3) is 11.1 Å². The van der Waals surface area contributed by atoms with Gasteiger partial charge in [0.05, 0.1) is 6.54 Å². The van der Waals surface area contributed by atoms with E-state index in [1.807, 2.05) is 18.2 Å². The van der Waals surface area contributed by atoms with E-state index in [0.717, 1.165) is 24.0 Å². The maximum absolute atomic E-state index is 12.4. The molecule has 4 heteroatoms. The molecule has 0 aliphatic carbocycles. The van der Waals surface area contributed by atoms with Gasteiger partial charge in [0.25, 0.3) is 0 Å². The monoisotopic (exact) mass is 336 g/mol. The van der Waals surface area contributed by atoms with Gasteiger partial charge in [0.2, 0.25) is 11.8 Å². The first-order valence-electron chi connectivity index (χ1n) is 8.79. The molecule has 4 nitrogen and oxygen atoms in total. The first-order valence-corrected chi connectivity index (χ1v) is 8.79. The Bertz CT molecular complexity index is 725. The lowest BCUT2D eigenvalue weighted by atomic mass is 10.0. The molecule has 0 atom stereocenters. The molecule has 0 aromatic heterocycles. The van der Waals surface area contributed by atoms with E-state index in [2.05, 4.69) is 36.4 Å². The zero-order valence-corrected chi connectivity index (χ0v) is 14.6. The highest BCUT2D eigenvalue weighted by atomic mass is 16.2. The van der Waals surface area contributed by atoms with Gasteiger partial charge in [0, 0.05) is 26.6 Å². The van der Waals surface area contributed by atoms with E-state index < -0.39 is 0 Å². The Morgan fingerprint density at radius 3 is 2.36 bits per heavy atom. The van der Waals surface area contributed by atoms with Gasteiger partial charge in [0.1, 0.15) is 0 Å². The number of nitrogens with zero attached hydrogens (tertiary/aromatic N) is 2. The minimum atomic E-state index is -0.0117. The van der Waals surface area contributed by atoms with Crippen molar-refractivity contribution >= 4 is 11.8 Å². The van der Waals surface area contributed by atoms with Crippen molar-refractivity contribution in [3.05, 3.63) is 60.2 Å². The van der Waals surface area contributed by atoms with Crippen molar-refractivity contribution in [3.63, 3.8) is 0 Å². The van der Waals surface area contributed by atoms with Crippen molar-refractivity contribution in [2.45, 2.75) is 25.8 Å². The molecule has 1 aliphatic rings. The molecule has 0 saturated carbocycles. The zero-order chi connectivity index (χ0) is 17.6. The van der Waals surface area contributed by atoms with Crippen LogP contribution in [0.4, 0.5) is 0 Å². The third kappa shape index (κ3) is 4.47. The SMILES string of the molecule is CN(Cc1ccc(-c2ccccc2)cc1)C(=O)CN1CCCCC1=O.